The smallest absolute Gasteiger partial charge is 0.128 e. The van der Waals surface area contributed by atoms with Gasteiger partial charge in [-0.05, 0) is 32.6 Å². The molecule has 20 heavy (non-hydrogen) atoms. The van der Waals surface area contributed by atoms with E-state index in [1.807, 2.05) is 13.1 Å². The Balaban J connectivity index is 1.91. The first-order chi connectivity index (χ1) is 9.61. The van der Waals surface area contributed by atoms with Gasteiger partial charge in [0.1, 0.15) is 5.75 Å². The van der Waals surface area contributed by atoms with Crippen LogP contribution in [0.25, 0.3) is 0 Å². The molecule has 2 rings (SSSR count). The van der Waals surface area contributed by atoms with E-state index >= 15 is 0 Å². The van der Waals surface area contributed by atoms with Crippen LogP contribution in [-0.2, 0) is 6.42 Å². The predicted molar refractivity (Wildman–Crippen MR) is 83.1 cm³/mol. The molecule has 0 spiro atoms. The van der Waals surface area contributed by atoms with Crippen molar-refractivity contribution >= 4 is 0 Å². The maximum absolute atomic E-state index is 6.30. The summed E-state index contributed by atoms with van der Waals surface area (Å²) in [5.74, 6) is 1.88. The predicted octanol–water partition coefficient (Wildman–Crippen LogP) is 3.55. The first-order valence-corrected chi connectivity index (χ1v) is 7.86. The van der Waals surface area contributed by atoms with E-state index in [0.29, 0.717) is 0 Å². The molecule has 112 valence electrons. The van der Waals surface area contributed by atoms with E-state index in [-0.39, 0.29) is 6.04 Å². The second kappa shape index (κ2) is 7.07. The minimum Gasteiger partial charge on any atom is -0.496 e. The minimum atomic E-state index is 0.217. The van der Waals surface area contributed by atoms with Crippen LogP contribution >= 0.6 is 0 Å². The molecule has 0 radical (unpaired) electrons. The van der Waals surface area contributed by atoms with Gasteiger partial charge in [-0.15, -0.1) is 0 Å². The van der Waals surface area contributed by atoms with Gasteiger partial charge < -0.3 is 10.5 Å². The number of nitrogens with zero attached hydrogens (tertiary/aromatic N) is 1. The van der Waals surface area contributed by atoms with Crippen LogP contribution in [0.15, 0.2) is 6.20 Å². The largest absolute Gasteiger partial charge is 0.496 e. The molecule has 1 aromatic heterocycles. The lowest BCUT2D eigenvalue weighted by Crippen LogP contribution is -2.24. The number of aryl methyl sites for hydroxylation is 1. The van der Waals surface area contributed by atoms with Crippen LogP contribution in [0.4, 0.5) is 0 Å². The number of nitrogens with two attached hydrogens (primary N) is 1. The summed E-state index contributed by atoms with van der Waals surface area (Å²) < 4.78 is 5.46. The first-order valence-electron chi connectivity index (χ1n) is 7.86. The van der Waals surface area contributed by atoms with Crippen molar-refractivity contribution in [3.63, 3.8) is 0 Å². The van der Waals surface area contributed by atoms with Crippen LogP contribution in [0.3, 0.4) is 0 Å². The maximum Gasteiger partial charge on any atom is 0.128 e. The molecular formula is C17H28N2O. The van der Waals surface area contributed by atoms with Crippen molar-refractivity contribution in [2.45, 2.75) is 64.8 Å². The van der Waals surface area contributed by atoms with Crippen molar-refractivity contribution in [3.05, 3.63) is 23.0 Å². The van der Waals surface area contributed by atoms with Gasteiger partial charge in [-0.25, -0.2) is 0 Å². The van der Waals surface area contributed by atoms with Gasteiger partial charge in [0.25, 0.3) is 0 Å². The van der Waals surface area contributed by atoms with Crippen molar-refractivity contribution in [1.29, 1.82) is 0 Å². The second-order valence-corrected chi connectivity index (χ2v) is 6.24. The zero-order chi connectivity index (χ0) is 14.5. The Kier molecular flexibility index (Phi) is 5.41. The summed E-state index contributed by atoms with van der Waals surface area (Å²) in [5.41, 5.74) is 9.62. The lowest BCUT2D eigenvalue weighted by molar-refractivity contribution is 0.405. The summed E-state index contributed by atoms with van der Waals surface area (Å²) in [6, 6.07) is 0.217. The third-order valence-corrected chi connectivity index (χ3v) is 4.63. The van der Waals surface area contributed by atoms with Gasteiger partial charge in [0.05, 0.1) is 7.11 Å². The van der Waals surface area contributed by atoms with Crippen molar-refractivity contribution in [2.24, 2.45) is 11.7 Å². The first kappa shape index (κ1) is 15.3. The standard InChI is InChI=1S/C17H28N2O/c1-12-11-19-16(13(2)17(12)20-3)10-15(18)9-8-14-6-4-5-7-14/h11,14-15H,4-10,18H2,1-3H3. The van der Waals surface area contributed by atoms with E-state index in [1.165, 1.54) is 32.1 Å². The van der Waals surface area contributed by atoms with Crippen LogP contribution in [0.2, 0.25) is 0 Å². The van der Waals surface area contributed by atoms with Gasteiger partial charge in [0.15, 0.2) is 0 Å². The fourth-order valence-corrected chi connectivity index (χ4v) is 3.38. The highest BCUT2D eigenvalue weighted by Gasteiger charge is 2.17. The molecule has 1 aliphatic rings. The third-order valence-electron chi connectivity index (χ3n) is 4.63. The van der Waals surface area contributed by atoms with Gasteiger partial charge in [-0.3, -0.25) is 4.98 Å². The van der Waals surface area contributed by atoms with Crippen molar-refractivity contribution in [3.8, 4) is 5.75 Å². The van der Waals surface area contributed by atoms with E-state index < -0.39 is 0 Å². The molecule has 1 aromatic rings. The van der Waals surface area contributed by atoms with Gasteiger partial charge in [0.2, 0.25) is 0 Å². The average Bonchev–Trinajstić information content (AvgIpc) is 2.94. The summed E-state index contributed by atoms with van der Waals surface area (Å²) in [5, 5.41) is 0. The minimum absolute atomic E-state index is 0.217. The van der Waals surface area contributed by atoms with Crippen molar-refractivity contribution < 1.29 is 4.74 Å². The molecule has 3 heteroatoms. The number of ether oxygens (including phenoxy) is 1. The number of rotatable bonds is 6. The maximum atomic E-state index is 6.30. The number of methoxy groups -OCH3 is 1. The highest BCUT2D eigenvalue weighted by atomic mass is 16.5. The molecule has 0 aromatic carbocycles. The van der Waals surface area contributed by atoms with E-state index in [2.05, 4.69) is 11.9 Å². The zero-order valence-electron chi connectivity index (χ0n) is 13.1. The van der Waals surface area contributed by atoms with E-state index in [0.717, 1.165) is 41.3 Å². The topological polar surface area (TPSA) is 48.1 Å². The zero-order valence-corrected chi connectivity index (χ0v) is 13.1. The average molecular weight is 276 g/mol. The van der Waals surface area contributed by atoms with Crippen molar-refractivity contribution in [2.75, 3.05) is 7.11 Å². The molecule has 2 N–H and O–H groups in total. The summed E-state index contributed by atoms with van der Waals surface area (Å²) >= 11 is 0. The van der Waals surface area contributed by atoms with E-state index in [4.69, 9.17) is 10.5 Å². The molecular weight excluding hydrogens is 248 g/mol. The quantitative estimate of drug-likeness (QED) is 0.864. The highest BCUT2D eigenvalue weighted by Crippen LogP contribution is 2.29. The summed E-state index contributed by atoms with van der Waals surface area (Å²) in [6.45, 7) is 4.11. The molecule has 1 aliphatic carbocycles. The molecule has 3 nitrogen and oxygen atoms in total. The second-order valence-electron chi connectivity index (χ2n) is 6.24. The third kappa shape index (κ3) is 3.72. The highest BCUT2D eigenvalue weighted by molar-refractivity contribution is 5.41. The Bertz CT molecular complexity index is 439. The number of hydrogen-bond acceptors (Lipinski definition) is 3. The van der Waals surface area contributed by atoms with Crippen LogP contribution in [0.1, 0.15) is 55.3 Å². The van der Waals surface area contributed by atoms with E-state index in [9.17, 15) is 0 Å². The normalized spacial score (nSPS) is 17.4. The van der Waals surface area contributed by atoms with Crippen LogP contribution in [-0.4, -0.2) is 18.1 Å². The van der Waals surface area contributed by atoms with Gasteiger partial charge in [0, 0.05) is 35.5 Å². The Morgan fingerprint density at radius 3 is 2.70 bits per heavy atom. The monoisotopic (exact) mass is 276 g/mol. The molecule has 1 unspecified atom stereocenters. The van der Waals surface area contributed by atoms with Crippen LogP contribution < -0.4 is 10.5 Å². The van der Waals surface area contributed by atoms with Gasteiger partial charge in [-0.1, -0.05) is 25.7 Å². The summed E-state index contributed by atoms with van der Waals surface area (Å²) in [7, 11) is 1.72. The SMILES string of the molecule is COc1c(C)cnc(CC(N)CCC2CCCC2)c1C. The molecule has 0 saturated heterocycles. The fourth-order valence-electron chi connectivity index (χ4n) is 3.38. The van der Waals surface area contributed by atoms with Gasteiger partial charge in [-0.2, -0.15) is 0 Å². The summed E-state index contributed by atoms with van der Waals surface area (Å²) in [4.78, 5) is 4.55. The molecule has 1 heterocycles. The molecule has 1 atom stereocenters. The Labute approximate surface area is 122 Å². The Morgan fingerprint density at radius 2 is 2.05 bits per heavy atom. The molecule has 1 saturated carbocycles. The summed E-state index contributed by atoms with van der Waals surface area (Å²) in [6.07, 6.45) is 10.8. The molecule has 0 amide bonds. The van der Waals surface area contributed by atoms with E-state index in [1.54, 1.807) is 7.11 Å². The molecule has 0 aliphatic heterocycles. The van der Waals surface area contributed by atoms with Crippen molar-refractivity contribution in [1.82, 2.24) is 4.98 Å². The fraction of sp³-hybridized carbons (Fsp3) is 0.706. The lowest BCUT2D eigenvalue weighted by atomic mass is 9.95. The molecule has 0 bridgehead atoms. The van der Waals surface area contributed by atoms with Gasteiger partial charge >= 0.3 is 0 Å². The number of hydrogen-bond donors (Lipinski definition) is 1. The van der Waals surface area contributed by atoms with Crippen LogP contribution in [0, 0.1) is 19.8 Å². The Morgan fingerprint density at radius 1 is 1.35 bits per heavy atom. The number of pyridine rings is 1. The Hall–Kier alpha value is -1.09. The lowest BCUT2D eigenvalue weighted by Gasteiger charge is -2.17. The number of aromatic nitrogens is 1. The van der Waals surface area contributed by atoms with Crippen LogP contribution in [0.5, 0.6) is 5.75 Å². The molecule has 1 fully saturated rings.